The molecule has 0 spiro atoms. The van der Waals surface area contributed by atoms with Crippen LogP contribution >= 0.6 is 0 Å². The molecular weight excluding hydrogens is 316 g/mol. The molecule has 0 unspecified atom stereocenters. The van der Waals surface area contributed by atoms with Gasteiger partial charge >= 0.3 is 11.9 Å². The zero-order valence-electron chi connectivity index (χ0n) is 12.1. The number of rotatable bonds is 5. The summed E-state index contributed by atoms with van der Waals surface area (Å²) in [5.41, 5.74) is -0.503. The molecule has 0 aliphatic heterocycles. The highest BCUT2D eigenvalue weighted by Crippen LogP contribution is 2.30. The standard InChI is InChI=1S/C16H12N2O6/c19-13-9(15(21)22)3-1-5-11(13)17-7-8-18-12-6-2-4-10(14(12)20)16(23)24/h1-8,19-20H,(H,21,22)(H,23,24). The maximum atomic E-state index is 10.9. The van der Waals surface area contributed by atoms with Gasteiger partial charge in [0.15, 0.2) is 11.5 Å². The first-order chi connectivity index (χ1) is 11.4. The summed E-state index contributed by atoms with van der Waals surface area (Å²) in [5.74, 6) is -3.53. The smallest absolute Gasteiger partial charge is 0.339 e. The largest absolute Gasteiger partial charge is 0.505 e. The number of nitrogens with zero attached hydrogens (tertiary/aromatic N) is 2. The summed E-state index contributed by atoms with van der Waals surface area (Å²) in [5, 5.41) is 37.3. The van der Waals surface area contributed by atoms with Crippen molar-refractivity contribution in [3.63, 3.8) is 0 Å². The molecule has 0 fully saturated rings. The summed E-state index contributed by atoms with van der Waals surface area (Å²) in [6.45, 7) is 0. The van der Waals surface area contributed by atoms with Crippen LogP contribution in [0.4, 0.5) is 11.4 Å². The first-order valence-corrected chi connectivity index (χ1v) is 6.59. The Labute approximate surface area is 135 Å². The molecule has 2 aromatic carbocycles. The molecule has 8 nitrogen and oxygen atoms in total. The van der Waals surface area contributed by atoms with Gasteiger partial charge in [-0.2, -0.15) is 0 Å². The van der Waals surface area contributed by atoms with E-state index in [0.29, 0.717) is 0 Å². The number of carboxylic acids is 2. The first kappa shape index (κ1) is 16.7. The van der Waals surface area contributed by atoms with Crippen molar-refractivity contribution in [1.82, 2.24) is 0 Å². The van der Waals surface area contributed by atoms with E-state index in [9.17, 15) is 19.8 Å². The molecule has 0 atom stereocenters. The van der Waals surface area contributed by atoms with Gasteiger partial charge in [-0.3, -0.25) is 9.98 Å². The number of aromatic carboxylic acids is 2. The van der Waals surface area contributed by atoms with Crippen molar-refractivity contribution >= 4 is 35.7 Å². The molecule has 0 aliphatic rings. The van der Waals surface area contributed by atoms with Crippen LogP contribution in [0.25, 0.3) is 0 Å². The summed E-state index contributed by atoms with van der Waals surface area (Å²) in [7, 11) is 0. The minimum atomic E-state index is -1.28. The number of hydrogen-bond acceptors (Lipinski definition) is 6. The lowest BCUT2D eigenvalue weighted by molar-refractivity contribution is 0.0682. The molecule has 2 rings (SSSR count). The van der Waals surface area contributed by atoms with Crippen molar-refractivity contribution in [2.24, 2.45) is 9.98 Å². The molecule has 0 aromatic heterocycles. The maximum absolute atomic E-state index is 10.9. The lowest BCUT2D eigenvalue weighted by Gasteiger charge is -2.02. The summed E-state index contributed by atoms with van der Waals surface area (Å²) in [4.78, 5) is 29.5. The van der Waals surface area contributed by atoms with Crippen LogP contribution in [0.15, 0.2) is 46.4 Å². The van der Waals surface area contributed by atoms with Crippen LogP contribution in [0.5, 0.6) is 11.5 Å². The van der Waals surface area contributed by atoms with E-state index in [2.05, 4.69) is 9.98 Å². The molecule has 8 heteroatoms. The van der Waals surface area contributed by atoms with Crippen molar-refractivity contribution in [3.8, 4) is 11.5 Å². The molecule has 0 saturated heterocycles. The molecule has 0 amide bonds. The third kappa shape index (κ3) is 3.55. The van der Waals surface area contributed by atoms with E-state index in [0.717, 1.165) is 0 Å². The Balaban J connectivity index is 2.23. The molecule has 0 heterocycles. The van der Waals surface area contributed by atoms with Crippen LogP contribution in [0.3, 0.4) is 0 Å². The molecule has 122 valence electrons. The lowest BCUT2D eigenvalue weighted by Crippen LogP contribution is -1.96. The van der Waals surface area contributed by atoms with Crippen molar-refractivity contribution in [1.29, 1.82) is 0 Å². The lowest BCUT2D eigenvalue weighted by atomic mass is 10.2. The van der Waals surface area contributed by atoms with E-state index in [1.54, 1.807) is 0 Å². The fraction of sp³-hybridized carbons (Fsp3) is 0. The van der Waals surface area contributed by atoms with Gasteiger partial charge in [0.2, 0.25) is 0 Å². The van der Waals surface area contributed by atoms with Crippen molar-refractivity contribution in [3.05, 3.63) is 47.5 Å². The number of benzene rings is 2. The quantitative estimate of drug-likeness (QED) is 0.622. The number of hydrogen-bond donors (Lipinski definition) is 4. The van der Waals surface area contributed by atoms with E-state index in [-0.39, 0.29) is 22.5 Å². The number of carbonyl (C=O) groups is 2. The summed E-state index contributed by atoms with van der Waals surface area (Å²) >= 11 is 0. The average molecular weight is 328 g/mol. The third-order valence-electron chi connectivity index (χ3n) is 2.98. The number of carboxylic acid groups (broad SMARTS) is 2. The Morgan fingerprint density at radius 2 is 1.12 bits per heavy atom. The van der Waals surface area contributed by atoms with E-state index in [1.807, 2.05) is 0 Å². The fourth-order valence-electron chi connectivity index (χ4n) is 1.84. The molecule has 0 saturated carbocycles. The van der Waals surface area contributed by atoms with Crippen LogP contribution in [0.2, 0.25) is 0 Å². The van der Waals surface area contributed by atoms with Crippen LogP contribution in [0.1, 0.15) is 20.7 Å². The van der Waals surface area contributed by atoms with E-state index >= 15 is 0 Å². The van der Waals surface area contributed by atoms with Gasteiger partial charge in [-0.1, -0.05) is 12.1 Å². The summed E-state index contributed by atoms with van der Waals surface area (Å²) < 4.78 is 0. The molecular formula is C16H12N2O6. The second-order valence-corrected chi connectivity index (χ2v) is 4.51. The molecule has 0 aliphatic carbocycles. The Hall–Kier alpha value is -3.68. The number of aromatic hydroxyl groups is 2. The zero-order valence-corrected chi connectivity index (χ0v) is 12.1. The SMILES string of the molecule is O=C(O)c1cccc(N=CC=Nc2cccc(C(=O)O)c2O)c1O. The van der Waals surface area contributed by atoms with E-state index < -0.39 is 23.4 Å². The molecule has 24 heavy (non-hydrogen) atoms. The number of para-hydroxylation sites is 2. The predicted octanol–water partition coefficient (Wildman–Crippen LogP) is 2.60. The zero-order chi connectivity index (χ0) is 17.7. The fourth-order valence-corrected chi connectivity index (χ4v) is 1.84. The van der Waals surface area contributed by atoms with Gasteiger partial charge in [0.25, 0.3) is 0 Å². The highest BCUT2D eigenvalue weighted by molar-refractivity contribution is 6.17. The van der Waals surface area contributed by atoms with Crippen molar-refractivity contribution in [2.75, 3.05) is 0 Å². The van der Waals surface area contributed by atoms with Gasteiger partial charge in [0.1, 0.15) is 22.5 Å². The Kier molecular flexibility index (Phi) is 4.90. The monoisotopic (exact) mass is 328 g/mol. The van der Waals surface area contributed by atoms with Crippen LogP contribution in [0, 0.1) is 0 Å². The molecule has 4 N–H and O–H groups in total. The van der Waals surface area contributed by atoms with Gasteiger partial charge in [0.05, 0.1) is 0 Å². The Morgan fingerprint density at radius 3 is 1.46 bits per heavy atom. The normalized spacial score (nSPS) is 11.2. The highest BCUT2D eigenvalue weighted by Gasteiger charge is 2.12. The van der Waals surface area contributed by atoms with Crippen LogP contribution in [-0.4, -0.2) is 44.8 Å². The number of aliphatic imine (C=N–C) groups is 2. The van der Waals surface area contributed by atoms with Crippen LogP contribution < -0.4 is 0 Å². The molecule has 0 radical (unpaired) electrons. The number of phenols is 2. The van der Waals surface area contributed by atoms with E-state index in [1.165, 1.54) is 48.8 Å². The second-order valence-electron chi connectivity index (χ2n) is 4.51. The van der Waals surface area contributed by atoms with E-state index in [4.69, 9.17) is 10.2 Å². The van der Waals surface area contributed by atoms with Gasteiger partial charge in [-0.05, 0) is 24.3 Å². The summed E-state index contributed by atoms with van der Waals surface area (Å²) in [6, 6.07) is 8.15. The second kappa shape index (κ2) is 7.05. The first-order valence-electron chi connectivity index (χ1n) is 6.59. The Morgan fingerprint density at radius 1 is 0.750 bits per heavy atom. The minimum Gasteiger partial charge on any atom is -0.505 e. The van der Waals surface area contributed by atoms with Crippen molar-refractivity contribution in [2.45, 2.75) is 0 Å². The topological polar surface area (TPSA) is 140 Å². The maximum Gasteiger partial charge on any atom is 0.339 e. The highest BCUT2D eigenvalue weighted by atomic mass is 16.4. The summed E-state index contributed by atoms with van der Waals surface area (Å²) in [6.07, 6.45) is 2.35. The van der Waals surface area contributed by atoms with Crippen molar-refractivity contribution < 1.29 is 30.0 Å². The average Bonchev–Trinajstić information content (AvgIpc) is 2.53. The molecule has 0 bridgehead atoms. The predicted molar refractivity (Wildman–Crippen MR) is 86.4 cm³/mol. The Bertz CT molecular complexity index is 786. The van der Waals surface area contributed by atoms with Gasteiger partial charge < -0.3 is 20.4 Å². The third-order valence-corrected chi connectivity index (χ3v) is 2.98. The minimum absolute atomic E-state index is 0.0323. The van der Waals surface area contributed by atoms with Gasteiger partial charge in [-0.15, -0.1) is 0 Å². The van der Waals surface area contributed by atoms with Gasteiger partial charge in [0, 0.05) is 12.4 Å². The molecule has 2 aromatic rings. The van der Waals surface area contributed by atoms with Crippen LogP contribution in [-0.2, 0) is 0 Å². The van der Waals surface area contributed by atoms with Gasteiger partial charge in [-0.25, -0.2) is 9.59 Å².